The molecular weight excluding hydrogens is 500 g/mol. The molecule has 2 N–H and O–H groups in total. The zero-order valence-electron chi connectivity index (χ0n) is 21.5. The van der Waals surface area contributed by atoms with Crippen LogP contribution in [0.5, 0.6) is 0 Å². The first-order valence-corrected chi connectivity index (χ1v) is 12.9. The summed E-state index contributed by atoms with van der Waals surface area (Å²) >= 11 is 6.47. The highest BCUT2D eigenvalue weighted by Gasteiger charge is 2.46. The van der Waals surface area contributed by atoms with Crippen LogP contribution in [0.4, 0.5) is 10.5 Å². The fourth-order valence-electron chi connectivity index (χ4n) is 5.01. The molecule has 3 aromatic rings. The molecule has 4 amide bonds. The lowest BCUT2D eigenvalue weighted by molar-refractivity contribution is -0.134. The number of hydrogen-bond donors (Lipinski definition) is 2. The molecule has 0 aliphatic carbocycles. The third kappa shape index (κ3) is 4.77. The summed E-state index contributed by atoms with van der Waals surface area (Å²) in [7, 11) is 1.63. The van der Waals surface area contributed by atoms with E-state index in [9.17, 15) is 14.4 Å². The average Bonchev–Trinajstić information content (AvgIpc) is 3.25. The van der Waals surface area contributed by atoms with Crippen LogP contribution in [0.3, 0.4) is 0 Å². The summed E-state index contributed by atoms with van der Waals surface area (Å²) in [4.78, 5) is 43.7. The van der Waals surface area contributed by atoms with Gasteiger partial charge in [0.15, 0.2) is 0 Å². The molecule has 194 valence electrons. The number of nitrogens with one attached hydrogen (secondary N) is 2. The molecule has 0 bridgehead atoms. The highest BCUT2D eigenvalue weighted by Crippen LogP contribution is 2.39. The number of hydrogen-bond acceptors (Lipinski definition) is 3. The number of urea groups is 1. The van der Waals surface area contributed by atoms with E-state index in [1.54, 1.807) is 30.1 Å². The van der Waals surface area contributed by atoms with Crippen molar-refractivity contribution in [2.24, 2.45) is 0 Å². The van der Waals surface area contributed by atoms with Gasteiger partial charge in [-0.25, -0.2) is 4.79 Å². The van der Waals surface area contributed by atoms with Gasteiger partial charge >= 0.3 is 6.03 Å². The second-order valence-electron chi connectivity index (χ2n) is 9.75. The van der Waals surface area contributed by atoms with E-state index in [4.69, 9.17) is 11.6 Å². The van der Waals surface area contributed by atoms with Crippen molar-refractivity contribution in [2.75, 3.05) is 18.9 Å². The Morgan fingerprint density at radius 1 is 1.03 bits per heavy atom. The third-order valence-corrected chi connectivity index (χ3v) is 7.67. The largest absolute Gasteiger partial charge is 0.326 e. The van der Waals surface area contributed by atoms with Gasteiger partial charge in [-0.1, -0.05) is 66.2 Å². The van der Waals surface area contributed by atoms with E-state index >= 15 is 0 Å². The highest BCUT2D eigenvalue weighted by atomic mass is 35.5. The summed E-state index contributed by atoms with van der Waals surface area (Å²) in [6.07, 6.45) is 0.325. The minimum absolute atomic E-state index is 0.136. The number of carbonyl (C=O) groups is 3. The molecule has 2 aliphatic rings. The average molecular weight is 529 g/mol. The molecule has 3 aromatic carbocycles. The zero-order valence-corrected chi connectivity index (χ0v) is 22.3. The number of carbonyl (C=O) groups excluding carboxylic acids is 3. The lowest BCUT2D eigenvalue weighted by atomic mass is 9.95. The van der Waals surface area contributed by atoms with Crippen molar-refractivity contribution in [3.63, 3.8) is 0 Å². The molecule has 2 aliphatic heterocycles. The number of nitrogens with zero attached hydrogens (tertiary/aromatic N) is 2. The Hall–Kier alpha value is -4.10. The van der Waals surface area contributed by atoms with Gasteiger partial charge in [0.05, 0.1) is 23.9 Å². The van der Waals surface area contributed by atoms with Gasteiger partial charge in [-0.05, 0) is 54.3 Å². The summed E-state index contributed by atoms with van der Waals surface area (Å²) in [5.74, 6) is -0.588. The minimum atomic E-state index is -0.799. The summed E-state index contributed by atoms with van der Waals surface area (Å²) < 4.78 is 0. The van der Waals surface area contributed by atoms with E-state index in [2.05, 4.69) is 10.6 Å². The van der Waals surface area contributed by atoms with Crippen LogP contribution in [0.15, 0.2) is 84.1 Å². The van der Waals surface area contributed by atoms with Gasteiger partial charge in [-0.2, -0.15) is 0 Å². The van der Waals surface area contributed by atoms with Crippen LogP contribution in [-0.2, 0) is 16.0 Å². The standard InChI is InChI=1S/C30H29ClN4O3/c1-18-13-14-21(15-19(18)2)32-28(36)24(16-20-9-5-4-6-10-20)35-17-25-26(29(35)37)27(33-30(38)34(25)3)22-11-7-8-12-23(22)31/h4-15,24,27H,16-17H2,1-3H3,(H,32,36)(H,33,38). The van der Waals surface area contributed by atoms with Crippen molar-refractivity contribution in [1.29, 1.82) is 0 Å². The Kier molecular flexibility index (Phi) is 6.95. The number of benzene rings is 3. The maximum atomic E-state index is 14.0. The first-order valence-electron chi connectivity index (χ1n) is 12.5. The van der Waals surface area contributed by atoms with Crippen molar-refractivity contribution in [3.8, 4) is 0 Å². The Balaban J connectivity index is 1.50. The number of aryl methyl sites for hydroxylation is 2. The summed E-state index contributed by atoms with van der Waals surface area (Å²) in [5, 5.41) is 6.38. The Bertz CT molecular complexity index is 1450. The Morgan fingerprint density at radius 3 is 2.45 bits per heavy atom. The van der Waals surface area contributed by atoms with Crippen LogP contribution in [-0.4, -0.2) is 47.3 Å². The third-order valence-electron chi connectivity index (χ3n) is 7.33. The van der Waals surface area contributed by atoms with E-state index in [0.717, 1.165) is 16.7 Å². The van der Waals surface area contributed by atoms with Gasteiger partial charge in [-0.3, -0.25) is 14.5 Å². The molecule has 0 radical (unpaired) electrons. The van der Waals surface area contributed by atoms with Crippen LogP contribution in [0.1, 0.15) is 28.3 Å². The fraction of sp³-hybridized carbons (Fsp3) is 0.233. The van der Waals surface area contributed by atoms with Gasteiger partial charge < -0.3 is 15.5 Å². The Labute approximate surface area is 227 Å². The molecule has 0 aromatic heterocycles. The number of halogens is 1. The van der Waals surface area contributed by atoms with Crippen molar-refractivity contribution in [3.05, 3.63) is 111 Å². The second kappa shape index (κ2) is 10.3. The quantitative estimate of drug-likeness (QED) is 0.472. The maximum absolute atomic E-state index is 14.0. The molecule has 2 atom stereocenters. The van der Waals surface area contributed by atoms with Crippen molar-refractivity contribution in [2.45, 2.75) is 32.4 Å². The predicted octanol–water partition coefficient (Wildman–Crippen LogP) is 5.00. The molecule has 0 saturated carbocycles. The first-order chi connectivity index (χ1) is 18.2. The summed E-state index contributed by atoms with van der Waals surface area (Å²) in [6, 6.07) is 20.7. The molecule has 8 heteroatoms. The van der Waals surface area contributed by atoms with E-state index in [0.29, 0.717) is 34.0 Å². The lowest BCUT2D eigenvalue weighted by Gasteiger charge is -2.31. The minimum Gasteiger partial charge on any atom is -0.326 e. The molecule has 2 heterocycles. The molecule has 0 saturated heterocycles. The maximum Gasteiger partial charge on any atom is 0.322 e. The van der Waals surface area contributed by atoms with Crippen molar-refractivity contribution in [1.82, 2.24) is 15.1 Å². The van der Waals surface area contributed by atoms with Crippen LogP contribution in [0.25, 0.3) is 0 Å². The zero-order chi connectivity index (χ0) is 27.0. The number of amides is 4. The monoisotopic (exact) mass is 528 g/mol. The van der Waals surface area contributed by atoms with Crippen LogP contribution >= 0.6 is 11.6 Å². The summed E-state index contributed by atoms with van der Waals surface area (Å²) in [5.41, 5.74) is 5.42. The molecule has 2 unspecified atom stereocenters. The highest BCUT2D eigenvalue weighted by molar-refractivity contribution is 6.31. The Morgan fingerprint density at radius 2 is 1.74 bits per heavy atom. The van der Waals surface area contributed by atoms with E-state index in [1.807, 2.05) is 68.4 Å². The SMILES string of the molecule is Cc1ccc(NC(=O)C(Cc2ccccc2)N2CC3=C(C2=O)C(c2ccccc2Cl)NC(=O)N3C)cc1C. The smallest absolute Gasteiger partial charge is 0.322 e. The molecule has 0 fully saturated rings. The molecule has 5 rings (SSSR count). The van der Waals surface area contributed by atoms with Gasteiger partial charge in [0.1, 0.15) is 6.04 Å². The number of likely N-dealkylation sites (N-methyl/N-ethyl adjacent to an activating group) is 1. The lowest BCUT2D eigenvalue weighted by Crippen LogP contribution is -2.47. The summed E-state index contributed by atoms with van der Waals surface area (Å²) in [6.45, 7) is 4.14. The van der Waals surface area contributed by atoms with Gasteiger partial charge in [0, 0.05) is 24.2 Å². The van der Waals surface area contributed by atoms with E-state index in [-0.39, 0.29) is 24.4 Å². The fourth-order valence-corrected chi connectivity index (χ4v) is 5.25. The van der Waals surface area contributed by atoms with Crippen LogP contribution in [0, 0.1) is 13.8 Å². The predicted molar refractivity (Wildman–Crippen MR) is 148 cm³/mol. The normalized spacial score (nSPS) is 17.8. The molecular formula is C30H29ClN4O3. The van der Waals surface area contributed by atoms with Crippen LogP contribution in [0.2, 0.25) is 5.02 Å². The van der Waals surface area contributed by atoms with E-state index < -0.39 is 12.1 Å². The molecule has 0 spiro atoms. The van der Waals surface area contributed by atoms with Crippen LogP contribution < -0.4 is 10.6 Å². The molecule has 7 nitrogen and oxygen atoms in total. The van der Waals surface area contributed by atoms with Gasteiger partial charge in [0.25, 0.3) is 5.91 Å². The number of anilines is 1. The number of rotatable bonds is 6. The van der Waals surface area contributed by atoms with Gasteiger partial charge in [-0.15, -0.1) is 0 Å². The van der Waals surface area contributed by atoms with Gasteiger partial charge in [0.2, 0.25) is 5.91 Å². The first kappa shape index (κ1) is 25.5. The second-order valence-corrected chi connectivity index (χ2v) is 10.2. The molecule has 38 heavy (non-hydrogen) atoms. The van der Waals surface area contributed by atoms with Crippen molar-refractivity contribution >= 4 is 35.1 Å². The topological polar surface area (TPSA) is 81.8 Å². The van der Waals surface area contributed by atoms with E-state index in [1.165, 1.54) is 4.90 Å². The van der Waals surface area contributed by atoms with Crippen molar-refractivity contribution < 1.29 is 14.4 Å².